The second kappa shape index (κ2) is 5.61. The van der Waals surface area contributed by atoms with Gasteiger partial charge in [-0.1, -0.05) is 11.6 Å². The molecule has 1 aromatic carbocycles. The second-order valence-corrected chi connectivity index (χ2v) is 7.53. The molecule has 4 heterocycles. The molecule has 26 heavy (non-hydrogen) atoms. The van der Waals surface area contributed by atoms with E-state index in [0.29, 0.717) is 6.04 Å². The number of fused-ring (bicyclic) bond motifs is 4. The molecule has 0 spiro atoms. The number of aromatic nitrogens is 1. The molecule has 2 bridgehead atoms. The minimum atomic E-state index is -0.276. The quantitative estimate of drug-likeness (QED) is 0.615. The highest BCUT2D eigenvalue weighted by Crippen LogP contribution is 2.53. The summed E-state index contributed by atoms with van der Waals surface area (Å²) < 4.78 is 13.0. The number of ether oxygens (including phenoxy) is 2. The fourth-order valence-corrected chi connectivity index (χ4v) is 5.42. The molecule has 3 atom stereocenters. The van der Waals surface area contributed by atoms with Gasteiger partial charge in [0.25, 0.3) is 0 Å². The standard InChI is InChI=1S/C21H24N2O3/c1-4-12-11-22-8-7-14-16-9-13(25-2)5-6-17(16)23-19(14)18(22)10-15(12)20(23)21(24)26-3/h4-6,9,15,18,20H,7-8,10-11H2,1-3H3. The molecule has 5 heteroatoms. The number of carbonyl (C=O) groups excluding carboxylic acids is 1. The Balaban J connectivity index is 1.84. The molecule has 136 valence electrons. The average molecular weight is 352 g/mol. The Morgan fingerprint density at radius 1 is 1.31 bits per heavy atom. The molecule has 0 aliphatic carbocycles. The van der Waals surface area contributed by atoms with Crippen molar-refractivity contribution in [2.75, 3.05) is 27.3 Å². The lowest BCUT2D eigenvalue weighted by Gasteiger charge is -2.50. The zero-order valence-electron chi connectivity index (χ0n) is 15.5. The lowest BCUT2D eigenvalue weighted by molar-refractivity contribution is -0.147. The van der Waals surface area contributed by atoms with Crippen LogP contribution in [0.1, 0.15) is 36.7 Å². The maximum absolute atomic E-state index is 12.9. The van der Waals surface area contributed by atoms with Crippen molar-refractivity contribution < 1.29 is 14.3 Å². The highest BCUT2D eigenvalue weighted by molar-refractivity contribution is 5.90. The minimum Gasteiger partial charge on any atom is -0.497 e. The van der Waals surface area contributed by atoms with E-state index >= 15 is 0 Å². The maximum Gasteiger partial charge on any atom is 0.329 e. The Kier molecular flexibility index (Phi) is 3.44. The highest BCUT2D eigenvalue weighted by atomic mass is 16.5. The molecule has 1 saturated heterocycles. The van der Waals surface area contributed by atoms with Gasteiger partial charge < -0.3 is 14.0 Å². The van der Waals surface area contributed by atoms with Crippen LogP contribution in [0.2, 0.25) is 0 Å². The number of allylic oxidation sites excluding steroid dienone is 1. The number of methoxy groups -OCH3 is 2. The van der Waals surface area contributed by atoms with Gasteiger partial charge in [-0.25, -0.2) is 4.79 Å². The van der Waals surface area contributed by atoms with Crippen molar-refractivity contribution in [3.63, 3.8) is 0 Å². The first-order valence-corrected chi connectivity index (χ1v) is 9.35. The first kappa shape index (κ1) is 15.9. The Bertz CT molecular complexity index is 942. The van der Waals surface area contributed by atoms with E-state index in [4.69, 9.17) is 9.47 Å². The summed E-state index contributed by atoms with van der Waals surface area (Å²) in [5, 5.41) is 1.22. The summed E-state index contributed by atoms with van der Waals surface area (Å²) >= 11 is 0. The van der Waals surface area contributed by atoms with Gasteiger partial charge in [0, 0.05) is 35.6 Å². The summed E-state index contributed by atoms with van der Waals surface area (Å²) in [6.07, 6.45) is 4.21. The summed E-state index contributed by atoms with van der Waals surface area (Å²) in [6, 6.07) is 6.34. The van der Waals surface area contributed by atoms with Gasteiger partial charge in [0.2, 0.25) is 0 Å². The van der Waals surface area contributed by atoms with E-state index < -0.39 is 0 Å². The molecule has 3 aliphatic heterocycles. The largest absolute Gasteiger partial charge is 0.497 e. The van der Waals surface area contributed by atoms with Crippen molar-refractivity contribution in [3.05, 3.63) is 41.1 Å². The predicted molar refractivity (Wildman–Crippen MR) is 99.4 cm³/mol. The van der Waals surface area contributed by atoms with E-state index in [9.17, 15) is 4.79 Å². The Morgan fingerprint density at radius 3 is 2.88 bits per heavy atom. The highest BCUT2D eigenvalue weighted by Gasteiger charge is 2.49. The molecule has 3 aliphatic rings. The van der Waals surface area contributed by atoms with Crippen molar-refractivity contribution in [1.29, 1.82) is 0 Å². The van der Waals surface area contributed by atoms with E-state index in [0.717, 1.165) is 37.2 Å². The molecule has 0 saturated carbocycles. The van der Waals surface area contributed by atoms with Gasteiger partial charge in [-0.3, -0.25) is 4.90 Å². The third-order valence-electron chi connectivity index (χ3n) is 6.57. The lowest BCUT2D eigenvalue weighted by atomic mass is 9.75. The van der Waals surface area contributed by atoms with Crippen LogP contribution in [0.4, 0.5) is 0 Å². The smallest absolute Gasteiger partial charge is 0.329 e. The summed E-state index contributed by atoms with van der Waals surface area (Å²) in [5.74, 6) is 0.943. The summed E-state index contributed by atoms with van der Waals surface area (Å²) in [4.78, 5) is 15.4. The van der Waals surface area contributed by atoms with Crippen LogP contribution in [0.3, 0.4) is 0 Å². The summed E-state index contributed by atoms with van der Waals surface area (Å²) in [5.41, 5.74) is 5.19. The van der Waals surface area contributed by atoms with Crippen molar-refractivity contribution in [2.45, 2.75) is 31.8 Å². The molecule has 5 nitrogen and oxygen atoms in total. The minimum absolute atomic E-state index is 0.137. The Hall–Kier alpha value is -2.27. The van der Waals surface area contributed by atoms with Crippen molar-refractivity contribution in [3.8, 4) is 5.75 Å². The van der Waals surface area contributed by atoms with Gasteiger partial charge in [0.1, 0.15) is 11.8 Å². The molecule has 1 fully saturated rings. The number of nitrogens with zero attached hydrogens (tertiary/aromatic N) is 2. The van der Waals surface area contributed by atoms with Gasteiger partial charge in [0.15, 0.2) is 0 Å². The molecule has 1 aromatic heterocycles. The SMILES string of the molecule is CC=C1CN2CCc3c4n(c5ccc(OC)cc35)C(C(=O)OC)C1CC42. The van der Waals surface area contributed by atoms with E-state index in [2.05, 4.69) is 34.6 Å². The van der Waals surface area contributed by atoms with Crippen molar-refractivity contribution >= 4 is 16.9 Å². The molecule has 2 aromatic rings. The number of esters is 1. The number of carbonyl (C=O) groups is 1. The van der Waals surface area contributed by atoms with Crippen LogP contribution in [0.15, 0.2) is 29.8 Å². The van der Waals surface area contributed by atoms with Crippen LogP contribution >= 0.6 is 0 Å². The fourth-order valence-electron chi connectivity index (χ4n) is 5.42. The van der Waals surface area contributed by atoms with Crippen LogP contribution in [-0.2, 0) is 16.0 Å². The topological polar surface area (TPSA) is 43.7 Å². The summed E-state index contributed by atoms with van der Waals surface area (Å²) in [6.45, 7) is 4.12. The first-order valence-electron chi connectivity index (χ1n) is 9.35. The van der Waals surface area contributed by atoms with Crippen LogP contribution in [0, 0.1) is 5.92 Å². The molecular formula is C21H24N2O3. The van der Waals surface area contributed by atoms with Gasteiger partial charge in [-0.15, -0.1) is 0 Å². The molecule has 0 amide bonds. The number of piperidine rings is 1. The fraction of sp³-hybridized carbons (Fsp3) is 0.476. The second-order valence-electron chi connectivity index (χ2n) is 7.53. The van der Waals surface area contributed by atoms with Crippen LogP contribution in [-0.4, -0.2) is 42.7 Å². The molecule has 3 unspecified atom stereocenters. The maximum atomic E-state index is 12.9. The van der Waals surface area contributed by atoms with Crippen LogP contribution in [0.5, 0.6) is 5.75 Å². The molecule has 0 N–H and O–H groups in total. The zero-order valence-corrected chi connectivity index (χ0v) is 15.5. The zero-order chi connectivity index (χ0) is 18.0. The monoisotopic (exact) mass is 352 g/mol. The third kappa shape index (κ3) is 1.92. The van der Waals surface area contributed by atoms with Gasteiger partial charge in [-0.2, -0.15) is 0 Å². The molecule has 5 rings (SSSR count). The predicted octanol–water partition coefficient (Wildman–Crippen LogP) is 3.24. The number of hydrogen-bond donors (Lipinski definition) is 0. The van der Waals surface area contributed by atoms with Crippen molar-refractivity contribution in [2.24, 2.45) is 5.92 Å². The third-order valence-corrected chi connectivity index (χ3v) is 6.57. The van der Waals surface area contributed by atoms with Crippen LogP contribution in [0.25, 0.3) is 10.9 Å². The van der Waals surface area contributed by atoms with Gasteiger partial charge in [-0.05, 0) is 43.5 Å². The Morgan fingerprint density at radius 2 is 2.15 bits per heavy atom. The number of hydrogen-bond acceptors (Lipinski definition) is 4. The number of benzene rings is 1. The Labute approximate surface area is 153 Å². The van der Waals surface area contributed by atoms with Gasteiger partial charge in [0.05, 0.1) is 20.3 Å². The van der Waals surface area contributed by atoms with Crippen LogP contribution < -0.4 is 4.74 Å². The van der Waals surface area contributed by atoms with E-state index in [1.54, 1.807) is 7.11 Å². The molecule has 0 radical (unpaired) electrons. The normalized spacial score (nSPS) is 28.4. The van der Waals surface area contributed by atoms with E-state index in [1.165, 1.54) is 29.3 Å². The van der Waals surface area contributed by atoms with E-state index in [1.807, 2.05) is 6.07 Å². The summed E-state index contributed by atoms with van der Waals surface area (Å²) in [7, 11) is 3.20. The first-order chi connectivity index (χ1) is 12.7. The van der Waals surface area contributed by atoms with Gasteiger partial charge >= 0.3 is 5.97 Å². The number of rotatable bonds is 2. The van der Waals surface area contributed by atoms with E-state index in [-0.39, 0.29) is 17.9 Å². The molecular weight excluding hydrogens is 328 g/mol. The van der Waals surface area contributed by atoms with Crippen molar-refractivity contribution in [1.82, 2.24) is 9.47 Å². The average Bonchev–Trinajstić information content (AvgIpc) is 3.01. The lowest BCUT2D eigenvalue weighted by Crippen LogP contribution is -2.50.